The van der Waals surface area contributed by atoms with Gasteiger partial charge in [-0.15, -0.1) is 0 Å². The van der Waals surface area contributed by atoms with Crippen molar-refractivity contribution in [3.05, 3.63) is 23.8 Å². The SMILES string of the molecule is CC[C@@H](CNCc1ccc2c(c1)OCCO2)N1CCCC1. The van der Waals surface area contributed by atoms with Gasteiger partial charge in [-0.2, -0.15) is 0 Å². The van der Waals surface area contributed by atoms with Crippen molar-refractivity contribution in [2.45, 2.75) is 38.8 Å². The van der Waals surface area contributed by atoms with E-state index in [9.17, 15) is 0 Å². The van der Waals surface area contributed by atoms with Crippen LogP contribution in [0.15, 0.2) is 18.2 Å². The van der Waals surface area contributed by atoms with E-state index >= 15 is 0 Å². The molecule has 0 amide bonds. The van der Waals surface area contributed by atoms with Crippen LogP contribution >= 0.6 is 0 Å². The molecule has 1 N–H and O–H groups in total. The van der Waals surface area contributed by atoms with E-state index in [1.165, 1.54) is 37.9 Å². The molecule has 3 rings (SSSR count). The minimum atomic E-state index is 0.650. The second-order valence-corrected chi connectivity index (χ2v) is 5.91. The summed E-state index contributed by atoms with van der Waals surface area (Å²) in [5.74, 6) is 1.75. The molecule has 4 nitrogen and oxygen atoms in total. The molecule has 116 valence electrons. The van der Waals surface area contributed by atoms with Gasteiger partial charge in [-0.25, -0.2) is 0 Å². The monoisotopic (exact) mass is 290 g/mol. The molecule has 1 saturated heterocycles. The molecule has 0 aromatic heterocycles. The highest BCUT2D eigenvalue weighted by Gasteiger charge is 2.19. The Kier molecular flexibility index (Phi) is 4.99. The maximum absolute atomic E-state index is 5.63. The van der Waals surface area contributed by atoms with E-state index in [-0.39, 0.29) is 0 Å². The minimum absolute atomic E-state index is 0.650. The van der Waals surface area contributed by atoms with Crippen molar-refractivity contribution in [1.29, 1.82) is 0 Å². The van der Waals surface area contributed by atoms with E-state index in [4.69, 9.17) is 9.47 Å². The maximum atomic E-state index is 5.63. The summed E-state index contributed by atoms with van der Waals surface area (Å²) in [5.41, 5.74) is 1.26. The third kappa shape index (κ3) is 3.69. The Morgan fingerprint density at radius 1 is 1.14 bits per heavy atom. The van der Waals surface area contributed by atoms with Gasteiger partial charge < -0.3 is 14.8 Å². The molecule has 0 unspecified atom stereocenters. The Morgan fingerprint density at radius 2 is 1.90 bits per heavy atom. The summed E-state index contributed by atoms with van der Waals surface area (Å²) in [4.78, 5) is 2.62. The molecule has 0 spiro atoms. The molecule has 4 heteroatoms. The van der Waals surface area contributed by atoms with Crippen LogP contribution < -0.4 is 14.8 Å². The number of hydrogen-bond donors (Lipinski definition) is 1. The highest BCUT2D eigenvalue weighted by atomic mass is 16.6. The molecular weight excluding hydrogens is 264 g/mol. The Morgan fingerprint density at radius 3 is 2.67 bits per heavy atom. The Hall–Kier alpha value is -1.26. The van der Waals surface area contributed by atoms with Gasteiger partial charge in [-0.05, 0) is 50.0 Å². The molecule has 2 heterocycles. The fraction of sp³-hybridized carbons (Fsp3) is 0.647. The molecule has 0 aliphatic carbocycles. The second-order valence-electron chi connectivity index (χ2n) is 5.91. The van der Waals surface area contributed by atoms with Crippen LogP contribution in [0.3, 0.4) is 0 Å². The van der Waals surface area contributed by atoms with E-state index < -0.39 is 0 Å². The number of benzene rings is 1. The predicted octanol–water partition coefficient (Wildman–Crippen LogP) is 2.42. The summed E-state index contributed by atoms with van der Waals surface area (Å²) in [6.07, 6.45) is 3.94. The van der Waals surface area contributed by atoms with Crippen molar-refractivity contribution in [2.75, 3.05) is 32.8 Å². The summed E-state index contributed by atoms with van der Waals surface area (Å²) >= 11 is 0. The first-order chi connectivity index (χ1) is 10.4. The molecule has 0 saturated carbocycles. The summed E-state index contributed by atoms with van der Waals surface area (Å²) in [7, 11) is 0. The molecule has 21 heavy (non-hydrogen) atoms. The van der Waals surface area contributed by atoms with Crippen molar-refractivity contribution in [3.63, 3.8) is 0 Å². The smallest absolute Gasteiger partial charge is 0.161 e. The van der Waals surface area contributed by atoms with Gasteiger partial charge in [0.25, 0.3) is 0 Å². The highest BCUT2D eigenvalue weighted by Crippen LogP contribution is 2.30. The van der Waals surface area contributed by atoms with Crippen molar-refractivity contribution >= 4 is 0 Å². The van der Waals surface area contributed by atoms with Crippen LogP contribution in [0.1, 0.15) is 31.7 Å². The van der Waals surface area contributed by atoms with Gasteiger partial charge in [-0.1, -0.05) is 13.0 Å². The first-order valence-corrected chi connectivity index (χ1v) is 8.20. The van der Waals surface area contributed by atoms with Crippen LogP contribution in [0.25, 0.3) is 0 Å². The molecule has 2 aliphatic heterocycles. The van der Waals surface area contributed by atoms with Crippen molar-refractivity contribution in [2.24, 2.45) is 0 Å². The Bertz CT molecular complexity index is 458. The van der Waals surface area contributed by atoms with Gasteiger partial charge in [0.05, 0.1) is 0 Å². The van der Waals surface area contributed by atoms with Gasteiger partial charge >= 0.3 is 0 Å². The van der Waals surface area contributed by atoms with Gasteiger partial charge in [-0.3, -0.25) is 4.90 Å². The normalized spacial score (nSPS) is 19.7. The predicted molar refractivity (Wildman–Crippen MR) is 84.0 cm³/mol. The first-order valence-electron chi connectivity index (χ1n) is 8.20. The van der Waals surface area contributed by atoms with Crippen LogP contribution in [-0.4, -0.2) is 43.8 Å². The number of rotatable bonds is 6. The molecule has 1 fully saturated rings. The van der Waals surface area contributed by atoms with Gasteiger partial charge in [0.1, 0.15) is 13.2 Å². The van der Waals surface area contributed by atoms with Crippen LogP contribution in [0.4, 0.5) is 0 Å². The van der Waals surface area contributed by atoms with Gasteiger partial charge in [0, 0.05) is 19.1 Å². The maximum Gasteiger partial charge on any atom is 0.161 e. The number of fused-ring (bicyclic) bond motifs is 1. The van der Waals surface area contributed by atoms with Gasteiger partial charge in [0.15, 0.2) is 11.5 Å². The second kappa shape index (κ2) is 7.14. The minimum Gasteiger partial charge on any atom is -0.486 e. The van der Waals surface area contributed by atoms with Crippen molar-refractivity contribution in [1.82, 2.24) is 10.2 Å². The summed E-state index contributed by atoms with van der Waals surface area (Å²) in [6.45, 7) is 8.07. The van der Waals surface area contributed by atoms with Crippen LogP contribution in [0.2, 0.25) is 0 Å². The Balaban J connectivity index is 1.50. The van der Waals surface area contributed by atoms with E-state index in [2.05, 4.69) is 29.3 Å². The number of ether oxygens (including phenoxy) is 2. The largest absolute Gasteiger partial charge is 0.486 e. The molecule has 1 aromatic rings. The average Bonchev–Trinajstić information content (AvgIpc) is 3.05. The van der Waals surface area contributed by atoms with Crippen LogP contribution in [-0.2, 0) is 6.54 Å². The van der Waals surface area contributed by atoms with E-state index in [1.807, 2.05) is 6.07 Å². The summed E-state index contributed by atoms with van der Waals surface area (Å²) < 4.78 is 11.2. The third-order valence-corrected chi connectivity index (χ3v) is 4.44. The zero-order chi connectivity index (χ0) is 14.5. The summed E-state index contributed by atoms with van der Waals surface area (Å²) in [6, 6.07) is 6.91. The quantitative estimate of drug-likeness (QED) is 0.872. The fourth-order valence-corrected chi connectivity index (χ4v) is 3.22. The number of likely N-dealkylation sites (tertiary alicyclic amines) is 1. The van der Waals surface area contributed by atoms with E-state index in [0.29, 0.717) is 19.3 Å². The third-order valence-electron chi connectivity index (χ3n) is 4.44. The highest BCUT2D eigenvalue weighted by molar-refractivity contribution is 5.43. The number of nitrogens with zero attached hydrogens (tertiary/aromatic N) is 1. The lowest BCUT2D eigenvalue weighted by Gasteiger charge is -2.26. The zero-order valence-electron chi connectivity index (χ0n) is 12.9. The Labute approximate surface area is 127 Å². The van der Waals surface area contributed by atoms with Crippen molar-refractivity contribution < 1.29 is 9.47 Å². The molecule has 1 atom stereocenters. The van der Waals surface area contributed by atoms with Crippen LogP contribution in [0, 0.1) is 0 Å². The number of nitrogens with one attached hydrogen (secondary N) is 1. The lowest BCUT2D eigenvalue weighted by molar-refractivity contribution is 0.171. The lowest BCUT2D eigenvalue weighted by atomic mass is 10.1. The first kappa shape index (κ1) is 14.7. The number of hydrogen-bond acceptors (Lipinski definition) is 4. The van der Waals surface area contributed by atoms with E-state index in [1.54, 1.807) is 0 Å². The van der Waals surface area contributed by atoms with Gasteiger partial charge in [0.2, 0.25) is 0 Å². The molecule has 0 radical (unpaired) electrons. The van der Waals surface area contributed by atoms with E-state index in [0.717, 1.165) is 24.6 Å². The zero-order valence-corrected chi connectivity index (χ0v) is 12.9. The lowest BCUT2D eigenvalue weighted by Crippen LogP contribution is -2.40. The average molecular weight is 290 g/mol. The molecule has 0 bridgehead atoms. The molecule has 1 aromatic carbocycles. The van der Waals surface area contributed by atoms with Crippen molar-refractivity contribution in [3.8, 4) is 11.5 Å². The fourth-order valence-electron chi connectivity index (χ4n) is 3.22. The standard InChI is InChI=1S/C17H26N2O2/c1-2-15(19-7-3-4-8-19)13-18-12-14-5-6-16-17(11-14)21-10-9-20-16/h5-6,11,15,18H,2-4,7-10,12-13H2,1H3/t15-/m0/s1. The summed E-state index contributed by atoms with van der Waals surface area (Å²) in [5, 5.41) is 3.60. The topological polar surface area (TPSA) is 33.7 Å². The van der Waals surface area contributed by atoms with Crippen LogP contribution in [0.5, 0.6) is 11.5 Å². The molecular formula is C17H26N2O2. The molecule has 2 aliphatic rings.